The van der Waals surface area contributed by atoms with E-state index in [-0.39, 0.29) is 11.0 Å². The molecule has 36 heavy (non-hydrogen) atoms. The normalized spacial score (nSPS) is 12.3. The van der Waals surface area contributed by atoms with Crippen LogP contribution in [-0.4, -0.2) is 47.2 Å². The Hall–Kier alpha value is -2.80. The van der Waals surface area contributed by atoms with Crippen LogP contribution in [0.2, 0.25) is 5.02 Å². The molecule has 0 aliphatic heterocycles. The fourth-order valence-corrected chi connectivity index (χ4v) is 4.13. The minimum absolute atomic E-state index is 0.0945. The maximum atomic E-state index is 13.7. The summed E-state index contributed by atoms with van der Waals surface area (Å²) in [5, 5.41) is 9.04. The molecule has 1 unspecified atom stereocenters. The molecule has 0 radical (unpaired) electrons. The van der Waals surface area contributed by atoms with E-state index in [1.54, 1.807) is 12.1 Å². The van der Waals surface area contributed by atoms with Crippen molar-refractivity contribution < 1.29 is 9.53 Å². The molecule has 0 bridgehead atoms. The summed E-state index contributed by atoms with van der Waals surface area (Å²) in [6.45, 7) is 9.33. The number of rotatable bonds is 10. The Labute approximate surface area is 224 Å². The topological polar surface area (TPSA) is 84.3 Å². The third-order valence-electron chi connectivity index (χ3n) is 5.73. The Bertz CT molecular complexity index is 1250. The second kappa shape index (κ2) is 13.5. The largest absolute Gasteiger partial charge is 0.482 e. The van der Waals surface area contributed by atoms with E-state index in [9.17, 15) is 4.79 Å². The van der Waals surface area contributed by atoms with Gasteiger partial charge >= 0.3 is 0 Å². The molecular weight excluding hydrogens is 495 g/mol. The summed E-state index contributed by atoms with van der Waals surface area (Å²) in [6.07, 6.45) is 3.07. The van der Waals surface area contributed by atoms with E-state index in [1.165, 1.54) is 6.20 Å². The van der Waals surface area contributed by atoms with E-state index in [0.717, 1.165) is 28.6 Å². The van der Waals surface area contributed by atoms with Crippen LogP contribution in [0.15, 0.2) is 48.8 Å². The summed E-state index contributed by atoms with van der Waals surface area (Å²) < 4.78 is 8.19. The molecule has 0 aliphatic carbocycles. The monoisotopic (exact) mass is 530 g/mol. The summed E-state index contributed by atoms with van der Waals surface area (Å²) in [5.41, 5.74) is 9.24. The van der Waals surface area contributed by atoms with Gasteiger partial charge < -0.3 is 19.9 Å². The molecule has 8 heteroatoms. The minimum Gasteiger partial charge on any atom is -0.482 e. The van der Waals surface area contributed by atoms with Crippen LogP contribution < -0.4 is 10.5 Å². The quantitative estimate of drug-likeness (QED) is 0.224. The number of halogens is 2. The number of likely N-dealkylation sites (N-methyl/N-ethyl adjacent to an activating group) is 1. The number of allylic oxidation sites excluding steroid dienone is 1. The number of nitrogens with zero attached hydrogens (tertiary/aromatic N) is 2. The average Bonchev–Trinajstić information content (AvgIpc) is 3.22. The van der Waals surface area contributed by atoms with E-state index < -0.39 is 6.10 Å². The van der Waals surface area contributed by atoms with Crippen molar-refractivity contribution in [3.05, 3.63) is 70.5 Å². The van der Waals surface area contributed by atoms with Gasteiger partial charge in [0, 0.05) is 52.5 Å². The number of carbonyl (C=O) groups excluding carboxylic acids is 1. The van der Waals surface area contributed by atoms with E-state index >= 15 is 0 Å². The smallest absolute Gasteiger partial charge is 0.205 e. The average molecular weight is 532 g/mol. The molecule has 0 aliphatic rings. The lowest BCUT2D eigenvalue weighted by molar-refractivity contribution is 0.0787. The highest BCUT2D eigenvalue weighted by Gasteiger charge is 2.25. The Kier molecular flexibility index (Phi) is 11.0. The molecule has 3 rings (SSSR count). The van der Waals surface area contributed by atoms with Gasteiger partial charge in [-0.2, -0.15) is 0 Å². The zero-order chi connectivity index (χ0) is 27.0. The highest BCUT2D eigenvalue weighted by atomic mass is 35.5. The molecule has 3 N–H and O–H groups in total. The summed E-state index contributed by atoms with van der Waals surface area (Å²) >= 11 is 12.1. The highest BCUT2D eigenvalue weighted by Crippen LogP contribution is 2.30. The van der Waals surface area contributed by atoms with Gasteiger partial charge in [-0.3, -0.25) is 10.2 Å². The van der Waals surface area contributed by atoms with Crippen molar-refractivity contribution in [3.8, 4) is 5.75 Å². The fraction of sp³-hybridized carbons (Fsp3) is 0.357. The van der Waals surface area contributed by atoms with Crippen LogP contribution in [0.5, 0.6) is 5.75 Å². The second-order valence-electron chi connectivity index (χ2n) is 8.45. The number of benzene rings is 2. The number of carbonyl (C=O) groups is 1. The van der Waals surface area contributed by atoms with Crippen molar-refractivity contribution in [2.75, 3.05) is 20.6 Å². The van der Waals surface area contributed by atoms with Gasteiger partial charge in [-0.05, 0) is 56.8 Å². The fourth-order valence-electron chi connectivity index (χ4n) is 3.79. The van der Waals surface area contributed by atoms with E-state index in [2.05, 4.69) is 9.47 Å². The van der Waals surface area contributed by atoms with Crippen LogP contribution in [0.1, 0.15) is 48.7 Å². The number of hydrogen-bond donors (Lipinski definition) is 2. The predicted octanol–water partition coefficient (Wildman–Crippen LogP) is 6.75. The van der Waals surface area contributed by atoms with Crippen LogP contribution in [0, 0.1) is 12.3 Å². The lowest BCUT2D eigenvalue weighted by Crippen LogP contribution is -2.27. The summed E-state index contributed by atoms with van der Waals surface area (Å²) in [7, 11) is 4.00. The first kappa shape index (κ1) is 29.4. The maximum absolute atomic E-state index is 13.7. The number of ketones is 1. The molecule has 2 aromatic carbocycles. The van der Waals surface area contributed by atoms with E-state index in [4.69, 9.17) is 39.1 Å². The van der Waals surface area contributed by atoms with Crippen molar-refractivity contribution in [3.63, 3.8) is 0 Å². The van der Waals surface area contributed by atoms with Gasteiger partial charge in [-0.25, -0.2) is 0 Å². The van der Waals surface area contributed by atoms with Crippen molar-refractivity contribution in [2.24, 2.45) is 5.73 Å². The van der Waals surface area contributed by atoms with Gasteiger partial charge in [0.15, 0.2) is 6.10 Å². The third-order valence-corrected chi connectivity index (χ3v) is 6.17. The summed E-state index contributed by atoms with van der Waals surface area (Å²) in [4.78, 5) is 15.7. The van der Waals surface area contributed by atoms with Crippen molar-refractivity contribution >= 4 is 50.6 Å². The lowest BCUT2D eigenvalue weighted by atomic mass is 10.0. The molecular formula is C28H36Cl2N4O2. The van der Waals surface area contributed by atoms with Gasteiger partial charge in [0.05, 0.1) is 0 Å². The first-order valence-corrected chi connectivity index (χ1v) is 12.8. The Morgan fingerprint density at radius 3 is 2.50 bits per heavy atom. The molecule has 194 valence electrons. The molecule has 1 aromatic heterocycles. The zero-order valence-electron chi connectivity index (χ0n) is 21.9. The highest BCUT2D eigenvalue weighted by molar-refractivity contribution is 6.75. The number of nitrogens with one attached hydrogen (secondary N) is 1. The number of aryl methyl sites for hydroxylation is 1. The van der Waals surface area contributed by atoms with E-state index in [1.807, 2.05) is 72.3 Å². The first-order chi connectivity index (χ1) is 17.2. The SMILES string of the molecule is CC.CCC(Oc1cc(Cl)ccc1C)C(=O)c1cn(CCN(C)C)c2cc(/C(=C/N)C(=N)Cl)ccc12. The number of hydrogen-bond acceptors (Lipinski definition) is 5. The summed E-state index contributed by atoms with van der Waals surface area (Å²) in [6, 6.07) is 11.0. The van der Waals surface area contributed by atoms with Crippen LogP contribution >= 0.6 is 23.2 Å². The Morgan fingerprint density at radius 1 is 1.22 bits per heavy atom. The van der Waals surface area contributed by atoms with Crippen molar-refractivity contribution in [2.45, 2.75) is 46.8 Å². The van der Waals surface area contributed by atoms with Gasteiger partial charge in [-0.15, -0.1) is 0 Å². The summed E-state index contributed by atoms with van der Waals surface area (Å²) in [5.74, 6) is 0.507. The van der Waals surface area contributed by atoms with Crippen molar-refractivity contribution in [1.82, 2.24) is 9.47 Å². The van der Waals surface area contributed by atoms with E-state index in [0.29, 0.717) is 34.9 Å². The molecule has 0 spiro atoms. The number of aromatic nitrogens is 1. The zero-order valence-corrected chi connectivity index (χ0v) is 23.4. The molecule has 0 saturated heterocycles. The molecule has 0 saturated carbocycles. The molecule has 0 amide bonds. The first-order valence-electron chi connectivity index (χ1n) is 12.1. The standard InChI is InChI=1S/C26H30Cl2N4O2.C2H6/c1-5-23(34-24-13-18(27)8-6-16(24)2)25(33)21-15-32(11-10-31(3)4)22-12-17(7-9-19(21)22)20(14-29)26(28)30;1-2/h6-9,12-15,23,30H,5,10-11,29H2,1-4H3;1-2H3/b20-14-,30-26?;. The van der Waals surface area contributed by atoms with Crippen LogP contribution in [0.25, 0.3) is 16.5 Å². The second-order valence-corrected chi connectivity index (χ2v) is 9.27. The lowest BCUT2D eigenvalue weighted by Gasteiger charge is -2.18. The number of Topliss-reactive ketones (excluding diaryl/α,β-unsaturated/α-hetero) is 1. The Morgan fingerprint density at radius 2 is 1.92 bits per heavy atom. The Balaban J connectivity index is 0.00000222. The van der Waals surface area contributed by atoms with Crippen LogP contribution in [0.3, 0.4) is 0 Å². The minimum atomic E-state index is -0.653. The third kappa shape index (κ3) is 6.90. The molecule has 1 atom stereocenters. The molecule has 1 heterocycles. The maximum Gasteiger partial charge on any atom is 0.205 e. The number of nitrogens with two attached hydrogens (primary N) is 1. The molecule has 3 aromatic rings. The number of fused-ring (bicyclic) bond motifs is 1. The molecule has 0 fully saturated rings. The van der Waals surface area contributed by atoms with Crippen molar-refractivity contribution in [1.29, 1.82) is 5.41 Å². The van der Waals surface area contributed by atoms with Gasteiger partial charge in [0.25, 0.3) is 0 Å². The molecule has 6 nitrogen and oxygen atoms in total. The van der Waals surface area contributed by atoms with Gasteiger partial charge in [-0.1, -0.05) is 62.2 Å². The number of ether oxygens (including phenoxy) is 1. The van der Waals surface area contributed by atoms with Crippen LogP contribution in [-0.2, 0) is 6.54 Å². The predicted molar refractivity (Wildman–Crippen MR) is 153 cm³/mol. The van der Waals surface area contributed by atoms with Gasteiger partial charge in [0.1, 0.15) is 10.9 Å². The van der Waals surface area contributed by atoms with Gasteiger partial charge in [0.2, 0.25) is 5.78 Å². The van der Waals surface area contributed by atoms with Crippen LogP contribution in [0.4, 0.5) is 0 Å².